The molecule has 0 aliphatic rings. The Kier molecular flexibility index (Phi) is 9.92. The van der Waals surface area contributed by atoms with E-state index in [0.717, 1.165) is 32.7 Å². The second-order valence-electron chi connectivity index (χ2n) is 4.15. The summed E-state index contributed by atoms with van der Waals surface area (Å²) in [6.45, 7) is 7.94. The van der Waals surface area contributed by atoms with E-state index in [9.17, 15) is 0 Å². The molecule has 0 rings (SSSR count). The lowest BCUT2D eigenvalue weighted by Crippen LogP contribution is -2.49. The quantitative estimate of drug-likeness (QED) is 0.608. The Balaban J connectivity index is 4.34. The molecule has 4 heteroatoms. The molecule has 0 heterocycles. The summed E-state index contributed by atoms with van der Waals surface area (Å²) < 4.78 is 10.4. The third kappa shape index (κ3) is 5.80. The van der Waals surface area contributed by atoms with Crippen LogP contribution in [0.1, 0.15) is 20.3 Å². The van der Waals surface area contributed by atoms with Crippen LogP contribution in [0.2, 0.25) is 0 Å². The molecule has 0 fully saturated rings. The molecule has 0 aromatic carbocycles. The first kappa shape index (κ1) is 15.8. The first-order valence-electron chi connectivity index (χ1n) is 6.09. The maximum Gasteiger partial charge on any atom is 0.0615 e. The molecule has 98 valence electrons. The van der Waals surface area contributed by atoms with Gasteiger partial charge in [-0.25, -0.2) is 0 Å². The summed E-state index contributed by atoms with van der Waals surface area (Å²) in [6, 6.07) is 0.976. The normalized spacial score (nSPS) is 15.4. The van der Waals surface area contributed by atoms with Gasteiger partial charge in [-0.05, 0) is 20.4 Å². The van der Waals surface area contributed by atoms with E-state index in [1.165, 1.54) is 0 Å². The lowest BCUT2D eigenvalue weighted by Gasteiger charge is -2.35. The minimum absolute atomic E-state index is 0.429. The van der Waals surface area contributed by atoms with Crippen molar-refractivity contribution < 1.29 is 9.47 Å². The predicted molar refractivity (Wildman–Crippen MR) is 67.9 cm³/mol. The average molecular weight is 232 g/mol. The van der Waals surface area contributed by atoms with E-state index in [-0.39, 0.29) is 0 Å². The highest BCUT2D eigenvalue weighted by Gasteiger charge is 2.21. The van der Waals surface area contributed by atoms with Gasteiger partial charge >= 0.3 is 0 Å². The van der Waals surface area contributed by atoms with E-state index in [1.807, 2.05) is 7.05 Å². The number of likely N-dealkylation sites (N-methyl/N-ethyl adjacent to an activating group) is 1. The number of nitrogens with one attached hydrogen (secondary N) is 1. The highest BCUT2D eigenvalue weighted by molar-refractivity contribution is 4.77. The largest absolute Gasteiger partial charge is 0.383 e. The minimum Gasteiger partial charge on any atom is -0.383 e. The number of ether oxygens (including phenoxy) is 2. The van der Waals surface area contributed by atoms with Gasteiger partial charge in [0.15, 0.2) is 0 Å². The van der Waals surface area contributed by atoms with Gasteiger partial charge in [0.05, 0.1) is 13.2 Å². The van der Waals surface area contributed by atoms with Crippen molar-refractivity contribution in [2.45, 2.75) is 32.4 Å². The van der Waals surface area contributed by atoms with E-state index in [2.05, 4.69) is 24.1 Å². The fraction of sp³-hybridized carbons (Fsp3) is 1.00. The molecule has 1 N–H and O–H groups in total. The molecule has 0 radical (unpaired) electrons. The van der Waals surface area contributed by atoms with Crippen molar-refractivity contribution in [3.05, 3.63) is 0 Å². The fourth-order valence-electron chi connectivity index (χ4n) is 2.03. The molecule has 4 nitrogen and oxygen atoms in total. The minimum atomic E-state index is 0.429. The van der Waals surface area contributed by atoms with E-state index >= 15 is 0 Å². The fourth-order valence-corrected chi connectivity index (χ4v) is 2.03. The van der Waals surface area contributed by atoms with Crippen LogP contribution in [0.4, 0.5) is 0 Å². The van der Waals surface area contributed by atoms with Crippen LogP contribution in [0.25, 0.3) is 0 Å². The van der Waals surface area contributed by atoms with E-state index in [4.69, 9.17) is 9.47 Å². The van der Waals surface area contributed by atoms with E-state index in [1.54, 1.807) is 14.2 Å². The van der Waals surface area contributed by atoms with Crippen LogP contribution in [0.5, 0.6) is 0 Å². The highest BCUT2D eigenvalue weighted by atomic mass is 16.5. The molecule has 0 bridgehead atoms. The smallest absolute Gasteiger partial charge is 0.0615 e. The first-order valence-corrected chi connectivity index (χ1v) is 6.09. The van der Waals surface area contributed by atoms with Gasteiger partial charge in [0, 0.05) is 39.4 Å². The number of rotatable bonds is 10. The number of hydrogen-bond donors (Lipinski definition) is 1. The summed E-state index contributed by atoms with van der Waals surface area (Å²) in [5.74, 6) is 0. The lowest BCUT2D eigenvalue weighted by molar-refractivity contribution is 0.0460. The van der Waals surface area contributed by atoms with Crippen molar-refractivity contribution in [1.82, 2.24) is 10.2 Å². The standard InChI is InChI=1S/C12H28N2O2/c1-6-12(9-13-3)14(7-8-15-4)11(2)10-16-5/h11-13H,6-10H2,1-5H3. The van der Waals surface area contributed by atoms with E-state index in [0.29, 0.717) is 12.1 Å². The summed E-state index contributed by atoms with van der Waals surface area (Å²) in [7, 11) is 5.50. The third-order valence-electron chi connectivity index (χ3n) is 2.91. The van der Waals surface area contributed by atoms with Gasteiger partial charge in [0.25, 0.3) is 0 Å². The van der Waals surface area contributed by atoms with Gasteiger partial charge in [-0.15, -0.1) is 0 Å². The van der Waals surface area contributed by atoms with Crippen molar-refractivity contribution in [3.8, 4) is 0 Å². The Labute approximate surface area is 100 Å². The average Bonchev–Trinajstić information content (AvgIpc) is 2.28. The molecule has 0 aliphatic carbocycles. The summed E-state index contributed by atoms with van der Waals surface area (Å²) in [4.78, 5) is 2.46. The zero-order chi connectivity index (χ0) is 12.4. The first-order chi connectivity index (χ1) is 7.71. The highest BCUT2D eigenvalue weighted by Crippen LogP contribution is 2.09. The Bertz CT molecular complexity index is 156. The Morgan fingerprint density at radius 1 is 1.25 bits per heavy atom. The molecule has 0 amide bonds. The summed E-state index contributed by atoms with van der Waals surface area (Å²) in [6.07, 6.45) is 1.14. The van der Waals surface area contributed by atoms with Crippen LogP contribution in [0.15, 0.2) is 0 Å². The molecule has 0 spiro atoms. The van der Waals surface area contributed by atoms with Gasteiger partial charge in [0.2, 0.25) is 0 Å². The van der Waals surface area contributed by atoms with Crippen LogP contribution in [-0.4, -0.2) is 64.6 Å². The molecule has 16 heavy (non-hydrogen) atoms. The van der Waals surface area contributed by atoms with Gasteiger partial charge in [0.1, 0.15) is 0 Å². The third-order valence-corrected chi connectivity index (χ3v) is 2.91. The van der Waals surface area contributed by atoms with Gasteiger partial charge in [-0.3, -0.25) is 4.90 Å². The Morgan fingerprint density at radius 2 is 1.94 bits per heavy atom. The summed E-state index contributed by atoms with van der Waals surface area (Å²) >= 11 is 0. The monoisotopic (exact) mass is 232 g/mol. The molecule has 0 aliphatic heterocycles. The van der Waals surface area contributed by atoms with Crippen LogP contribution < -0.4 is 5.32 Å². The number of methoxy groups -OCH3 is 2. The molecular weight excluding hydrogens is 204 g/mol. The van der Waals surface area contributed by atoms with Crippen LogP contribution in [0, 0.1) is 0 Å². The SMILES string of the molecule is CCC(CNC)N(CCOC)C(C)COC. The summed E-state index contributed by atoms with van der Waals surface area (Å²) in [5, 5.41) is 3.25. The number of nitrogens with zero attached hydrogens (tertiary/aromatic N) is 1. The molecule has 0 saturated heterocycles. The zero-order valence-electron chi connectivity index (χ0n) is 11.5. The van der Waals surface area contributed by atoms with Crippen molar-refractivity contribution in [2.75, 3.05) is 47.6 Å². The second kappa shape index (κ2) is 10.0. The van der Waals surface area contributed by atoms with Crippen molar-refractivity contribution >= 4 is 0 Å². The van der Waals surface area contributed by atoms with Crippen molar-refractivity contribution in [1.29, 1.82) is 0 Å². The lowest BCUT2D eigenvalue weighted by atomic mass is 10.1. The number of hydrogen-bond acceptors (Lipinski definition) is 4. The maximum absolute atomic E-state index is 5.23. The molecule has 0 aromatic heterocycles. The second-order valence-corrected chi connectivity index (χ2v) is 4.15. The van der Waals surface area contributed by atoms with Crippen LogP contribution in [-0.2, 0) is 9.47 Å². The molecule has 0 aromatic rings. The van der Waals surface area contributed by atoms with Crippen molar-refractivity contribution in [2.24, 2.45) is 0 Å². The zero-order valence-corrected chi connectivity index (χ0v) is 11.5. The predicted octanol–water partition coefficient (Wildman–Crippen LogP) is 0.968. The maximum atomic E-state index is 5.23. The molecule has 2 atom stereocenters. The van der Waals surface area contributed by atoms with Gasteiger partial charge in [-0.2, -0.15) is 0 Å². The topological polar surface area (TPSA) is 33.7 Å². The van der Waals surface area contributed by atoms with Crippen LogP contribution >= 0.6 is 0 Å². The van der Waals surface area contributed by atoms with Crippen molar-refractivity contribution in [3.63, 3.8) is 0 Å². The summed E-state index contributed by atoms with van der Waals surface area (Å²) in [5.41, 5.74) is 0. The van der Waals surface area contributed by atoms with Gasteiger partial charge < -0.3 is 14.8 Å². The Hall–Kier alpha value is -0.160. The molecule has 2 unspecified atom stereocenters. The molecule has 0 saturated carbocycles. The molecular formula is C12H28N2O2. The van der Waals surface area contributed by atoms with E-state index < -0.39 is 0 Å². The van der Waals surface area contributed by atoms with Gasteiger partial charge in [-0.1, -0.05) is 6.92 Å². The Morgan fingerprint density at radius 3 is 2.38 bits per heavy atom. The van der Waals surface area contributed by atoms with Crippen LogP contribution in [0.3, 0.4) is 0 Å².